The number of hydrogen-bond donors (Lipinski definition) is 2. The highest BCUT2D eigenvalue weighted by molar-refractivity contribution is 6.03. The van der Waals surface area contributed by atoms with Crippen molar-refractivity contribution in [3.8, 4) is 0 Å². The summed E-state index contributed by atoms with van der Waals surface area (Å²) < 4.78 is 4.86. The summed E-state index contributed by atoms with van der Waals surface area (Å²) in [6, 6.07) is -0.376. The molecule has 19 heavy (non-hydrogen) atoms. The Balaban J connectivity index is 2.42. The largest absolute Gasteiger partial charge is 0.385 e. The van der Waals surface area contributed by atoms with Crippen LogP contribution < -0.4 is 10.6 Å². The van der Waals surface area contributed by atoms with E-state index in [9.17, 15) is 14.4 Å². The fraction of sp³-hybridized carbons (Fsp3) is 0.750. The van der Waals surface area contributed by atoms with E-state index in [2.05, 4.69) is 10.6 Å². The van der Waals surface area contributed by atoms with Crippen LogP contribution in [0.5, 0.6) is 0 Å². The Hall–Kier alpha value is -1.47. The molecule has 0 aromatic carbocycles. The van der Waals surface area contributed by atoms with E-state index in [0.29, 0.717) is 26.0 Å². The van der Waals surface area contributed by atoms with Gasteiger partial charge in [-0.05, 0) is 12.8 Å². The van der Waals surface area contributed by atoms with Crippen molar-refractivity contribution in [2.24, 2.45) is 0 Å². The first-order valence-electron chi connectivity index (χ1n) is 6.43. The first kappa shape index (κ1) is 15.6. The molecular weight excluding hydrogens is 250 g/mol. The Bertz CT molecular complexity index is 346. The van der Waals surface area contributed by atoms with Crippen LogP contribution in [0.4, 0.5) is 0 Å². The van der Waals surface area contributed by atoms with Crippen molar-refractivity contribution in [3.63, 3.8) is 0 Å². The lowest BCUT2D eigenvalue weighted by Crippen LogP contribution is -2.59. The number of piperazine rings is 1. The summed E-state index contributed by atoms with van der Waals surface area (Å²) in [5, 5.41) is 5.50. The maximum atomic E-state index is 11.9. The topological polar surface area (TPSA) is 87.7 Å². The number of nitrogens with one attached hydrogen (secondary N) is 2. The first-order chi connectivity index (χ1) is 9.10. The SMILES string of the molecule is CCC1NCC(=O)N(CC(=O)NCCCOC)C1=O. The van der Waals surface area contributed by atoms with Crippen molar-refractivity contribution in [1.82, 2.24) is 15.5 Å². The second kappa shape index (κ2) is 7.85. The molecule has 1 rings (SSSR count). The smallest absolute Gasteiger partial charge is 0.246 e. The fourth-order valence-electron chi connectivity index (χ4n) is 1.83. The Morgan fingerprint density at radius 3 is 2.89 bits per heavy atom. The van der Waals surface area contributed by atoms with E-state index in [1.54, 1.807) is 7.11 Å². The Morgan fingerprint density at radius 2 is 2.26 bits per heavy atom. The maximum Gasteiger partial charge on any atom is 0.246 e. The van der Waals surface area contributed by atoms with Crippen LogP contribution in [0.1, 0.15) is 19.8 Å². The molecular formula is C12H21N3O4. The highest BCUT2D eigenvalue weighted by Crippen LogP contribution is 2.05. The monoisotopic (exact) mass is 271 g/mol. The van der Waals surface area contributed by atoms with E-state index >= 15 is 0 Å². The summed E-state index contributed by atoms with van der Waals surface area (Å²) in [5.41, 5.74) is 0. The van der Waals surface area contributed by atoms with E-state index in [1.165, 1.54) is 0 Å². The van der Waals surface area contributed by atoms with Crippen molar-refractivity contribution >= 4 is 17.7 Å². The lowest BCUT2D eigenvalue weighted by Gasteiger charge is -2.30. The molecule has 1 aliphatic rings. The summed E-state index contributed by atoms with van der Waals surface area (Å²) in [4.78, 5) is 36.2. The summed E-state index contributed by atoms with van der Waals surface area (Å²) in [6.07, 6.45) is 1.29. The van der Waals surface area contributed by atoms with Crippen molar-refractivity contribution in [3.05, 3.63) is 0 Å². The van der Waals surface area contributed by atoms with E-state index in [0.717, 1.165) is 4.90 Å². The molecule has 0 bridgehead atoms. The molecule has 3 amide bonds. The summed E-state index contributed by atoms with van der Waals surface area (Å²) >= 11 is 0. The van der Waals surface area contributed by atoms with Gasteiger partial charge in [0.1, 0.15) is 6.54 Å². The molecule has 7 heteroatoms. The lowest BCUT2D eigenvalue weighted by molar-refractivity contribution is -0.152. The number of rotatable bonds is 7. The fourth-order valence-corrected chi connectivity index (χ4v) is 1.83. The Kier molecular flexibility index (Phi) is 6.44. The van der Waals surface area contributed by atoms with Crippen molar-refractivity contribution in [2.75, 3.05) is 33.4 Å². The second-order valence-electron chi connectivity index (χ2n) is 4.36. The van der Waals surface area contributed by atoms with Crippen molar-refractivity contribution in [1.29, 1.82) is 0 Å². The number of carbonyl (C=O) groups excluding carboxylic acids is 3. The molecule has 1 unspecified atom stereocenters. The zero-order chi connectivity index (χ0) is 14.3. The van der Waals surface area contributed by atoms with Gasteiger partial charge in [0, 0.05) is 20.3 Å². The number of methoxy groups -OCH3 is 1. The van der Waals surface area contributed by atoms with Crippen molar-refractivity contribution in [2.45, 2.75) is 25.8 Å². The minimum absolute atomic E-state index is 0.0984. The standard InChI is InChI=1S/C12H21N3O4/c1-3-9-12(18)15(11(17)7-14-9)8-10(16)13-5-4-6-19-2/h9,14H,3-8H2,1-2H3,(H,13,16). The molecule has 0 spiro atoms. The number of imide groups is 1. The molecule has 1 aliphatic heterocycles. The third-order valence-electron chi connectivity index (χ3n) is 2.92. The Labute approximate surface area is 112 Å². The summed E-state index contributed by atoms with van der Waals surface area (Å²) in [6.45, 7) is 2.78. The van der Waals surface area contributed by atoms with Gasteiger partial charge >= 0.3 is 0 Å². The maximum absolute atomic E-state index is 11.9. The number of hydrogen-bond acceptors (Lipinski definition) is 5. The minimum Gasteiger partial charge on any atom is -0.385 e. The van der Waals surface area contributed by atoms with Crippen LogP contribution in [0.15, 0.2) is 0 Å². The van der Waals surface area contributed by atoms with Crippen LogP contribution in [0, 0.1) is 0 Å². The normalized spacial score (nSPS) is 19.7. The summed E-state index contributed by atoms with van der Waals surface area (Å²) in [7, 11) is 1.59. The van der Waals surface area contributed by atoms with Gasteiger partial charge in [0.25, 0.3) is 0 Å². The van der Waals surface area contributed by atoms with E-state index in [1.807, 2.05) is 6.92 Å². The highest BCUT2D eigenvalue weighted by Gasteiger charge is 2.33. The van der Waals surface area contributed by atoms with Crippen LogP contribution >= 0.6 is 0 Å². The van der Waals surface area contributed by atoms with E-state index in [-0.39, 0.29) is 36.9 Å². The van der Waals surface area contributed by atoms with Crippen molar-refractivity contribution < 1.29 is 19.1 Å². The molecule has 108 valence electrons. The van der Waals surface area contributed by atoms with Gasteiger partial charge in [-0.2, -0.15) is 0 Å². The number of ether oxygens (including phenoxy) is 1. The quantitative estimate of drug-likeness (QED) is 0.452. The minimum atomic E-state index is -0.376. The predicted molar refractivity (Wildman–Crippen MR) is 68.3 cm³/mol. The number of amides is 3. The summed E-state index contributed by atoms with van der Waals surface area (Å²) in [5.74, 6) is -1.01. The third-order valence-corrected chi connectivity index (χ3v) is 2.92. The number of carbonyl (C=O) groups is 3. The van der Waals surface area contributed by atoms with Gasteiger partial charge in [-0.15, -0.1) is 0 Å². The van der Waals surface area contributed by atoms with Crippen LogP contribution in [0.2, 0.25) is 0 Å². The second-order valence-corrected chi connectivity index (χ2v) is 4.36. The zero-order valence-corrected chi connectivity index (χ0v) is 11.4. The third kappa shape index (κ3) is 4.60. The average molecular weight is 271 g/mol. The lowest BCUT2D eigenvalue weighted by atomic mass is 10.1. The first-order valence-corrected chi connectivity index (χ1v) is 6.43. The average Bonchev–Trinajstić information content (AvgIpc) is 2.40. The molecule has 1 heterocycles. The van der Waals surface area contributed by atoms with Crippen LogP contribution in [-0.4, -0.2) is 62.0 Å². The van der Waals surface area contributed by atoms with E-state index in [4.69, 9.17) is 4.74 Å². The van der Waals surface area contributed by atoms with E-state index < -0.39 is 0 Å². The molecule has 0 radical (unpaired) electrons. The predicted octanol–water partition coefficient (Wildman–Crippen LogP) is -1.12. The molecule has 0 saturated carbocycles. The van der Waals surface area contributed by atoms with Gasteiger partial charge in [0.15, 0.2) is 0 Å². The molecule has 0 aliphatic carbocycles. The van der Waals surface area contributed by atoms with Gasteiger partial charge in [-0.25, -0.2) is 0 Å². The van der Waals surface area contributed by atoms with Gasteiger partial charge < -0.3 is 10.1 Å². The molecule has 1 atom stereocenters. The van der Waals surface area contributed by atoms with Gasteiger partial charge in [-0.1, -0.05) is 6.92 Å². The van der Waals surface area contributed by atoms with Gasteiger partial charge in [-0.3, -0.25) is 24.6 Å². The van der Waals surface area contributed by atoms with Crippen LogP contribution in [-0.2, 0) is 19.1 Å². The van der Waals surface area contributed by atoms with Gasteiger partial charge in [0.2, 0.25) is 17.7 Å². The molecule has 0 aromatic heterocycles. The molecule has 1 fully saturated rings. The number of nitrogens with zero attached hydrogens (tertiary/aromatic N) is 1. The van der Waals surface area contributed by atoms with Crippen LogP contribution in [0.25, 0.3) is 0 Å². The molecule has 7 nitrogen and oxygen atoms in total. The van der Waals surface area contributed by atoms with Gasteiger partial charge in [0.05, 0.1) is 12.6 Å². The zero-order valence-electron chi connectivity index (χ0n) is 11.4. The highest BCUT2D eigenvalue weighted by atomic mass is 16.5. The Morgan fingerprint density at radius 1 is 1.53 bits per heavy atom. The van der Waals surface area contributed by atoms with Crippen LogP contribution in [0.3, 0.4) is 0 Å². The molecule has 2 N–H and O–H groups in total. The molecule has 0 aromatic rings. The molecule has 1 saturated heterocycles.